The summed E-state index contributed by atoms with van der Waals surface area (Å²) in [5.74, 6) is -1.34. The van der Waals surface area contributed by atoms with E-state index in [2.05, 4.69) is 10.6 Å². The third-order valence-electron chi connectivity index (χ3n) is 5.11. The van der Waals surface area contributed by atoms with Crippen molar-refractivity contribution in [2.24, 2.45) is 5.41 Å². The van der Waals surface area contributed by atoms with Gasteiger partial charge in [-0.2, -0.15) is 0 Å². The minimum atomic E-state index is -1.24. The SMILES string of the molecule is CC(=O)N1c2ccccc2NC(=O)[C@@H](NC(=O)[C@H](CC(C)(C)C)N(C)C(=O)O)[C@@H]1C. The van der Waals surface area contributed by atoms with Gasteiger partial charge in [0.15, 0.2) is 0 Å². The standard InChI is InChI=1S/C21H30N4O5/c1-12-17(23-18(27)16(11-21(3,4)5)24(6)20(29)30)19(28)22-14-9-7-8-10-15(14)25(12)13(2)26/h7-10,12,16-17H,11H2,1-6H3,(H,22,28)(H,23,27)(H,29,30)/t12-,16-,17-/m0/s1. The van der Waals surface area contributed by atoms with Crippen molar-refractivity contribution in [3.05, 3.63) is 24.3 Å². The second kappa shape index (κ2) is 8.73. The molecule has 1 aromatic carbocycles. The number of nitrogens with one attached hydrogen (secondary N) is 2. The van der Waals surface area contributed by atoms with E-state index in [1.807, 2.05) is 20.8 Å². The van der Waals surface area contributed by atoms with Gasteiger partial charge in [-0.1, -0.05) is 32.9 Å². The second-order valence-electron chi connectivity index (χ2n) is 8.80. The Morgan fingerprint density at radius 2 is 1.87 bits per heavy atom. The number of rotatable bonds is 4. The first kappa shape index (κ1) is 23.2. The number of amides is 4. The van der Waals surface area contributed by atoms with Gasteiger partial charge in [0.1, 0.15) is 12.1 Å². The molecule has 3 N–H and O–H groups in total. The van der Waals surface area contributed by atoms with Crippen molar-refractivity contribution in [3.63, 3.8) is 0 Å². The number of anilines is 2. The van der Waals surface area contributed by atoms with Gasteiger partial charge in [0.25, 0.3) is 0 Å². The number of carbonyl (C=O) groups is 4. The highest BCUT2D eigenvalue weighted by Crippen LogP contribution is 2.31. The highest BCUT2D eigenvalue weighted by atomic mass is 16.4. The average molecular weight is 418 g/mol. The minimum Gasteiger partial charge on any atom is -0.465 e. The lowest BCUT2D eigenvalue weighted by atomic mass is 9.87. The van der Waals surface area contributed by atoms with Crippen LogP contribution in [0.3, 0.4) is 0 Å². The summed E-state index contributed by atoms with van der Waals surface area (Å²) in [6, 6.07) is 4.17. The quantitative estimate of drug-likeness (QED) is 0.693. The Labute approximate surface area is 176 Å². The molecule has 1 aromatic rings. The summed E-state index contributed by atoms with van der Waals surface area (Å²) in [6.07, 6.45) is -0.975. The normalized spacial score (nSPS) is 19.8. The fraction of sp³-hybridized carbons (Fsp3) is 0.524. The van der Waals surface area contributed by atoms with Gasteiger partial charge in [0.2, 0.25) is 17.7 Å². The molecule has 0 radical (unpaired) electrons. The van der Waals surface area contributed by atoms with E-state index in [-0.39, 0.29) is 17.7 Å². The van der Waals surface area contributed by atoms with Crippen LogP contribution < -0.4 is 15.5 Å². The van der Waals surface area contributed by atoms with Crippen LogP contribution in [-0.2, 0) is 14.4 Å². The molecule has 30 heavy (non-hydrogen) atoms. The third kappa shape index (κ3) is 5.08. The Kier molecular flexibility index (Phi) is 6.74. The molecule has 4 amide bonds. The van der Waals surface area contributed by atoms with Gasteiger partial charge in [-0.3, -0.25) is 19.3 Å². The van der Waals surface area contributed by atoms with Crippen molar-refractivity contribution in [2.45, 2.75) is 59.2 Å². The van der Waals surface area contributed by atoms with Gasteiger partial charge in [-0.25, -0.2) is 4.79 Å². The predicted octanol–water partition coefficient (Wildman–Crippen LogP) is 2.28. The fourth-order valence-corrected chi connectivity index (χ4v) is 3.60. The minimum absolute atomic E-state index is 0.265. The van der Waals surface area contributed by atoms with E-state index in [0.717, 1.165) is 4.90 Å². The summed E-state index contributed by atoms with van der Waals surface area (Å²) in [7, 11) is 1.33. The molecular formula is C21H30N4O5. The van der Waals surface area contributed by atoms with Crippen molar-refractivity contribution in [2.75, 3.05) is 17.3 Å². The van der Waals surface area contributed by atoms with Crippen LogP contribution in [0.5, 0.6) is 0 Å². The number of carboxylic acid groups (broad SMARTS) is 1. The largest absolute Gasteiger partial charge is 0.465 e. The Morgan fingerprint density at radius 1 is 1.27 bits per heavy atom. The summed E-state index contributed by atoms with van der Waals surface area (Å²) in [6.45, 7) is 8.77. The maximum atomic E-state index is 13.1. The van der Waals surface area contributed by atoms with Crippen molar-refractivity contribution < 1.29 is 24.3 Å². The summed E-state index contributed by atoms with van der Waals surface area (Å²) < 4.78 is 0. The van der Waals surface area contributed by atoms with Crippen molar-refractivity contribution in [3.8, 4) is 0 Å². The van der Waals surface area contributed by atoms with E-state index in [0.29, 0.717) is 11.4 Å². The molecular weight excluding hydrogens is 388 g/mol. The molecule has 1 aliphatic heterocycles. The zero-order valence-corrected chi connectivity index (χ0v) is 18.2. The van der Waals surface area contributed by atoms with Gasteiger partial charge >= 0.3 is 6.09 Å². The van der Waals surface area contributed by atoms with Crippen LogP contribution in [0.4, 0.5) is 16.2 Å². The number of fused-ring (bicyclic) bond motifs is 1. The lowest BCUT2D eigenvalue weighted by Gasteiger charge is -2.34. The molecule has 2 rings (SSSR count). The number of likely N-dealkylation sites (N-methyl/N-ethyl adjacent to an activating group) is 1. The van der Waals surface area contributed by atoms with E-state index in [1.54, 1.807) is 31.2 Å². The molecule has 0 unspecified atom stereocenters. The Balaban J connectivity index is 2.37. The van der Waals surface area contributed by atoms with Gasteiger partial charge in [0, 0.05) is 14.0 Å². The van der Waals surface area contributed by atoms with Crippen LogP contribution in [0.1, 0.15) is 41.0 Å². The van der Waals surface area contributed by atoms with Crippen molar-refractivity contribution in [1.82, 2.24) is 10.2 Å². The molecule has 9 nitrogen and oxygen atoms in total. The molecule has 1 heterocycles. The molecule has 3 atom stereocenters. The maximum absolute atomic E-state index is 13.1. The Bertz CT molecular complexity index is 848. The van der Waals surface area contributed by atoms with E-state index >= 15 is 0 Å². The van der Waals surface area contributed by atoms with E-state index < -0.39 is 36.0 Å². The summed E-state index contributed by atoms with van der Waals surface area (Å²) in [5.41, 5.74) is 0.678. The monoisotopic (exact) mass is 418 g/mol. The van der Waals surface area contributed by atoms with Crippen molar-refractivity contribution in [1.29, 1.82) is 0 Å². The first-order valence-electron chi connectivity index (χ1n) is 9.79. The average Bonchev–Trinajstić information content (AvgIpc) is 2.73. The van der Waals surface area contributed by atoms with Crippen LogP contribution >= 0.6 is 0 Å². The molecule has 0 aliphatic carbocycles. The van der Waals surface area contributed by atoms with Crippen LogP contribution in [-0.4, -0.2) is 59.0 Å². The molecule has 1 aliphatic rings. The third-order valence-corrected chi connectivity index (χ3v) is 5.11. The number of carbonyl (C=O) groups excluding carboxylic acids is 3. The summed E-state index contributed by atoms with van der Waals surface area (Å²) >= 11 is 0. The lowest BCUT2D eigenvalue weighted by molar-refractivity contribution is -0.131. The zero-order chi connectivity index (χ0) is 22.8. The van der Waals surface area contributed by atoms with Crippen LogP contribution in [0.2, 0.25) is 0 Å². The fourth-order valence-electron chi connectivity index (χ4n) is 3.60. The number of para-hydroxylation sites is 2. The summed E-state index contributed by atoms with van der Waals surface area (Å²) in [4.78, 5) is 52.3. The maximum Gasteiger partial charge on any atom is 0.407 e. The van der Waals surface area contributed by atoms with Gasteiger partial charge in [-0.05, 0) is 30.9 Å². The molecule has 0 fully saturated rings. The van der Waals surface area contributed by atoms with E-state index in [9.17, 15) is 24.3 Å². The number of hydrogen-bond donors (Lipinski definition) is 3. The Morgan fingerprint density at radius 3 is 2.40 bits per heavy atom. The number of benzene rings is 1. The van der Waals surface area contributed by atoms with Crippen LogP contribution in [0.15, 0.2) is 24.3 Å². The summed E-state index contributed by atoms with van der Waals surface area (Å²) in [5, 5.41) is 14.8. The molecule has 0 spiro atoms. The number of nitrogens with zero attached hydrogens (tertiary/aromatic N) is 2. The predicted molar refractivity (Wildman–Crippen MR) is 113 cm³/mol. The highest BCUT2D eigenvalue weighted by molar-refractivity contribution is 6.07. The van der Waals surface area contributed by atoms with Crippen LogP contribution in [0, 0.1) is 5.41 Å². The van der Waals surface area contributed by atoms with Gasteiger partial charge in [-0.15, -0.1) is 0 Å². The van der Waals surface area contributed by atoms with E-state index in [4.69, 9.17) is 0 Å². The highest BCUT2D eigenvalue weighted by Gasteiger charge is 2.40. The zero-order valence-electron chi connectivity index (χ0n) is 18.2. The number of hydrogen-bond acceptors (Lipinski definition) is 4. The molecule has 0 saturated heterocycles. The van der Waals surface area contributed by atoms with E-state index in [1.165, 1.54) is 18.9 Å². The smallest absolute Gasteiger partial charge is 0.407 e. The lowest BCUT2D eigenvalue weighted by Crippen LogP contribution is -2.59. The van der Waals surface area contributed by atoms with Gasteiger partial charge in [0.05, 0.1) is 17.4 Å². The first-order chi connectivity index (χ1) is 13.8. The molecule has 0 bridgehead atoms. The molecule has 164 valence electrons. The van der Waals surface area contributed by atoms with Crippen LogP contribution in [0.25, 0.3) is 0 Å². The Hall–Kier alpha value is -3.10. The topological polar surface area (TPSA) is 119 Å². The molecule has 0 aromatic heterocycles. The second-order valence-corrected chi connectivity index (χ2v) is 8.80. The molecule has 0 saturated carbocycles. The molecule has 9 heteroatoms. The first-order valence-corrected chi connectivity index (χ1v) is 9.79. The van der Waals surface area contributed by atoms with Crippen molar-refractivity contribution >= 4 is 35.2 Å². The van der Waals surface area contributed by atoms with Gasteiger partial charge < -0.3 is 20.6 Å².